The van der Waals surface area contributed by atoms with Crippen molar-refractivity contribution in [2.45, 2.75) is 32.1 Å². The standard InChI is InChI=1S/C25H26Cl2N2O3S/c1-17-14-18(2)24(19(3)15-17)33(31,32)28-12-7-13-29(21-8-5-4-6-9-21)25(30)22-11-10-20(26)16-23(22)27/h4-6,8-11,14-16,28H,7,12-13H2,1-3H3. The number of sulfonamides is 1. The molecule has 0 atom stereocenters. The molecule has 0 aliphatic heterocycles. The largest absolute Gasteiger partial charge is 0.308 e. The van der Waals surface area contributed by atoms with Gasteiger partial charge < -0.3 is 4.90 Å². The second-order valence-corrected chi connectivity index (χ2v) is 10.4. The van der Waals surface area contributed by atoms with Crippen molar-refractivity contribution >= 4 is 44.8 Å². The highest BCUT2D eigenvalue weighted by molar-refractivity contribution is 7.89. The number of aryl methyl sites for hydroxylation is 3. The van der Waals surface area contributed by atoms with E-state index in [1.54, 1.807) is 30.9 Å². The summed E-state index contributed by atoms with van der Waals surface area (Å²) in [5.74, 6) is -0.282. The maximum Gasteiger partial charge on any atom is 0.259 e. The zero-order valence-electron chi connectivity index (χ0n) is 18.7. The fourth-order valence-electron chi connectivity index (χ4n) is 3.87. The molecule has 0 bridgehead atoms. The summed E-state index contributed by atoms with van der Waals surface area (Å²) in [4.78, 5) is 15.2. The number of anilines is 1. The van der Waals surface area contributed by atoms with E-state index in [0.717, 1.165) is 5.56 Å². The third-order valence-corrected chi connectivity index (χ3v) is 7.51. The van der Waals surface area contributed by atoms with Crippen LogP contribution in [0.4, 0.5) is 5.69 Å². The highest BCUT2D eigenvalue weighted by atomic mass is 35.5. The molecule has 0 spiro atoms. The number of amides is 1. The Bertz CT molecular complexity index is 1240. The summed E-state index contributed by atoms with van der Waals surface area (Å²) >= 11 is 12.2. The van der Waals surface area contributed by atoms with Gasteiger partial charge in [-0.05, 0) is 68.7 Å². The quantitative estimate of drug-likeness (QED) is 0.386. The highest BCUT2D eigenvalue weighted by Gasteiger charge is 2.22. The molecule has 5 nitrogen and oxygen atoms in total. The molecule has 0 unspecified atom stereocenters. The average Bonchev–Trinajstić information content (AvgIpc) is 2.73. The van der Waals surface area contributed by atoms with Crippen molar-refractivity contribution in [3.05, 3.63) is 93.0 Å². The Labute approximate surface area is 205 Å². The summed E-state index contributed by atoms with van der Waals surface area (Å²) in [6, 6.07) is 17.6. The lowest BCUT2D eigenvalue weighted by atomic mass is 10.1. The Kier molecular flexibility index (Phi) is 8.19. The van der Waals surface area contributed by atoms with E-state index >= 15 is 0 Å². The van der Waals surface area contributed by atoms with Gasteiger partial charge in [-0.25, -0.2) is 13.1 Å². The van der Waals surface area contributed by atoms with Crippen LogP contribution in [0.25, 0.3) is 0 Å². The van der Waals surface area contributed by atoms with Gasteiger partial charge in [-0.15, -0.1) is 0 Å². The van der Waals surface area contributed by atoms with Crippen molar-refractivity contribution in [3.63, 3.8) is 0 Å². The second kappa shape index (κ2) is 10.7. The van der Waals surface area contributed by atoms with Crippen LogP contribution in [0.5, 0.6) is 0 Å². The third kappa shape index (κ3) is 6.15. The van der Waals surface area contributed by atoms with Gasteiger partial charge in [-0.1, -0.05) is 59.1 Å². The summed E-state index contributed by atoms with van der Waals surface area (Å²) in [5.41, 5.74) is 3.46. The number of benzene rings is 3. The van der Waals surface area contributed by atoms with Crippen molar-refractivity contribution in [1.82, 2.24) is 4.72 Å². The number of nitrogens with zero attached hydrogens (tertiary/aromatic N) is 1. The first kappa shape index (κ1) is 25.2. The van der Waals surface area contributed by atoms with Gasteiger partial charge in [0.15, 0.2) is 0 Å². The van der Waals surface area contributed by atoms with E-state index in [1.807, 2.05) is 49.4 Å². The Morgan fingerprint density at radius 2 is 1.58 bits per heavy atom. The van der Waals surface area contributed by atoms with Crippen LogP contribution < -0.4 is 9.62 Å². The van der Waals surface area contributed by atoms with Gasteiger partial charge >= 0.3 is 0 Å². The minimum atomic E-state index is -3.67. The van der Waals surface area contributed by atoms with Crippen LogP contribution in [0.1, 0.15) is 33.5 Å². The predicted molar refractivity (Wildman–Crippen MR) is 135 cm³/mol. The highest BCUT2D eigenvalue weighted by Crippen LogP contribution is 2.25. The van der Waals surface area contributed by atoms with Crippen molar-refractivity contribution in [1.29, 1.82) is 0 Å². The van der Waals surface area contributed by atoms with Crippen molar-refractivity contribution in [2.75, 3.05) is 18.0 Å². The molecule has 0 aliphatic rings. The predicted octanol–water partition coefficient (Wildman–Crippen LogP) is 5.93. The average molecular weight is 505 g/mol. The molecule has 0 saturated heterocycles. The fraction of sp³-hybridized carbons (Fsp3) is 0.240. The summed E-state index contributed by atoms with van der Waals surface area (Å²) in [6.07, 6.45) is 0.412. The molecule has 3 aromatic carbocycles. The number of carbonyl (C=O) groups excluding carboxylic acids is 1. The number of nitrogens with one attached hydrogen (secondary N) is 1. The van der Waals surface area contributed by atoms with Gasteiger partial charge in [-0.3, -0.25) is 4.79 Å². The first-order valence-electron chi connectivity index (χ1n) is 10.5. The lowest BCUT2D eigenvalue weighted by molar-refractivity contribution is 0.0987. The Morgan fingerprint density at radius 1 is 0.939 bits per heavy atom. The Balaban J connectivity index is 1.75. The molecule has 174 valence electrons. The normalized spacial score (nSPS) is 11.4. The molecule has 0 aromatic heterocycles. The molecule has 8 heteroatoms. The third-order valence-electron chi connectivity index (χ3n) is 5.20. The van der Waals surface area contributed by atoms with Gasteiger partial charge in [0, 0.05) is 23.8 Å². The summed E-state index contributed by atoms with van der Waals surface area (Å²) in [5, 5.41) is 0.707. The van der Waals surface area contributed by atoms with Gasteiger partial charge in [0.2, 0.25) is 10.0 Å². The van der Waals surface area contributed by atoms with E-state index in [-0.39, 0.29) is 17.5 Å². The van der Waals surface area contributed by atoms with Crippen LogP contribution >= 0.6 is 23.2 Å². The summed E-state index contributed by atoms with van der Waals surface area (Å²) in [6.45, 7) is 6.00. The maximum atomic E-state index is 13.3. The monoisotopic (exact) mass is 504 g/mol. The molecule has 33 heavy (non-hydrogen) atoms. The molecular formula is C25H26Cl2N2O3S. The zero-order valence-corrected chi connectivity index (χ0v) is 21.1. The summed E-state index contributed by atoms with van der Waals surface area (Å²) < 4.78 is 28.5. The van der Waals surface area contributed by atoms with Gasteiger partial charge in [0.1, 0.15) is 0 Å². The van der Waals surface area contributed by atoms with Gasteiger partial charge in [0.25, 0.3) is 5.91 Å². The van der Waals surface area contributed by atoms with Crippen LogP contribution in [0.15, 0.2) is 65.6 Å². The lowest BCUT2D eigenvalue weighted by Gasteiger charge is -2.24. The number of rotatable bonds is 8. The van der Waals surface area contributed by atoms with E-state index in [2.05, 4.69) is 4.72 Å². The molecule has 3 aromatic rings. The molecule has 1 N–H and O–H groups in total. The molecule has 0 radical (unpaired) electrons. The molecule has 0 heterocycles. The van der Waals surface area contributed by atoms with Gasteiger partial charge in [-0.2, -0.15) is 0 Å². The Hall–Kier alpha value is -2.38. The van der Waals surface area contributed by atoms with Crippen LogP contribution in [-0.4, -0.2) is 27.4 Å². The van der Waals surface area contributed by atoms with Crippen LogP contribution in [-0.2, 0) is 10.0 Å². The van der Waals surface area contributed by atoms with E-state index < -0.39 is 10.0 Å². The number of carbonyl (C=O) groups is 1. The second-order valence-electron chi connectivity index (χ2n) is 7.90. The van der Waals surface area contributed by atoms with Crippen molar-refractivity contribution in [2.24, 2.45) is 0 Å². The topological polar surface area (TPSA) is 66.5 Å². The summed E-state index contributed by atoms with van der Waals surface area (Å²) in [7, 11) is -3.67. The van der Waals surface area contributed by atoms with Crippen LogP contribution in [0.2, 0.25) is 10.0 Å². The fourth-order valence-corrected chi connectivity index (χ4v) is 5.88. The molecule has 0 saturated carbocycles. The first-order chi connectivity index (χ1) is 15.6. The minimum absolute atomic E-state index is 0.181. The number of para-hydroxylation sites is 1. The molecular weight excluding hydrogens is 479 g/mol. The smallest absolute Gasteiger partial charge is 0.259 e. The minimum Gasteiger partial charge on any atom is -0.308 e. The first-order valence-corrected chi connectivity index (χ1v) is 12.7. The number of hydrogen-bond acceptors (Lipinski definition) is 3. The Morgan fingerprint density at radius 3 is 2.18 bits per heavy atom. The van der Waals surface area contributed by atoms with E-state index in [9.17, 15) is 13.2 Å². The van der Waals surface area contributed by atoms with E-state index in [0.29, 0.717) is 45.3 Å². The zero-order chi connectivity index (χ0) is 24.2. The molecule has 0 aliphatic carbocycles. The van der Waals surface area contributed by atoms with Crippen molar-refractivity contribution < 1.29 is 13.2 Å². The van der Waals surface area contributed by atoms with Crippen molar-refractivity contribution in [3.8, 4) is 0 Å². The molecule has 1 amide bonds. The van der Waals surface area contributed by atoms with Crippen LogP contribution in [0.3, 0.4) is 0 Å². The SMILES string of the molecule is Cc1cc(C)c(S(=O)(=O)NCCCN(C(=O)c2ccc(Cl)cc2Cl)c2ccccc2)c(C)c1. The van der Waals surface area contributed by atoms with E-state index in [1.165, 1.54) is 6.07 Å². The molecule has 0 fully saturated rings. The van der Waals surface area contributed by atoms with E-state index in [4.69, 9.17) is 23.2 Å². The molecule has 3 rings (SSSR count). The van der Waals surface area contributed by atoms with Crippen LogP contribution in [0, 0.1) is 20.8 Å². The van der Waals surface area contributed by atoms with Gasteiger partial charge in [0.05, 0.1) is 15.5 Å². The number of halogens is 2. The maximum absolute atomic E-state index is 13.3. The number of hydrogen-bond donors (Lipinski definition) is 1. The lowest BCUT2D eigenvalue weighted by Crippen LogP contribution is -2.35.